The quantitative estimate of drug-likeness (QED) is 0.0197. The number of esters is 1. The lowest BCUT2D eigenvalue weighted by Crippen LogP contribution is -2.37. The molecule has 0 rings (SSSR count). The van der Waals surface area contributed by atoms with Gasteiger partial charge in [0, 0.05) is 13.0 Å². The summed E-state index contributed by atoms with van der Waals surface area (Å²) in [7, 11) is 1.34. The molecule has 402 valence electrons. The van der Waals surface area contributed by atoms with Crippen LogP contribution in [0.5, 0.6) is 0 Å². The van der Waals surface area contributed by atoms with Crippen LogP contribution in [0.3, 0.4) is 0 Å². The second kappa shape index (κ2) is 52.3. The largest absolute Gasteiger partial charge is 0.756 e. The number of hydrogen-bond acceptors (Lipinski definition) is 7. The van der Waals surface area contributed by atoms with Crippen LogP contribution in [0, 0.1) is 0 Å². The van der Waals surface area contributed by atoms with E-state index in [1.54, 1.807) is 0 Å². The summed E-state index contributed by atoms with van der Waals surface area (Å²) >= 11 is 0. The van der Waals surface area contributed by atoms with Crippen molar-refractivity contribution < 1.29 is 37.3 Å². The molecule has 9 heteroatoms. The van der Waals surface area contributed by atoms with Crippen molar-refractivity contribution in [2.75, 3.05) is 54.1 Å². The van der Waals surface area contributed by atoms with Crippen molar-refractivity contribution in [1.82, 2.24) is 0 Å². The molecule has 0 aliphatic rings. The minimum atomic E-state index is -4.55. The highest BCUT2D eigenvalue weighted by Gasteiger charge is 2.20. The van der Waals surface area contributed by atoms with Gasteiger partial charge in [0.15, 0.2) is 0 Å². The Bertz CT molecular complexity index is 1330. The maximum atomic E-state index is 12.8. The summed E-state index contributed by atoms with van der Waals surface area (Å²) in [6.07, 6.45) is 69.5. The molecule has 0 amide bonds. The molecule has 69 heavy (non-hydrogen) atoms. The van der Waals surface area contributed by atoms with Gasteiger partial charge in [0.05, 0.1) is 34.4 Å². The normalized spacial score (nSPS) is 14.0. The highest BCUT2D eigenvalue weighted by atomic mass is 31.2. The Morgan fingerprint density at radius 3 is 1.26 bits per heavy atom. The molecule has 0 saturated carbocycles. The molecule has 0 saturated heterocycles. The number of rotatable bonds is 53. The summed E-state index contributed by atoms with van der Waals surface area (Å²) in [5.41, 5.74) is 0. The van der Waals surface area contributed by atoms with Crippen molar-refractivity contribution in [2.24, 2.45) is 0 Å². The highest BCUT2D eigenvalue weighted by molar-refractivity contribution is 7.45. The molecule has 2 atom stereocenters. The maximum Gasteiger partial charge on any atom is 0.306 e. The maximum absolute atomic E-state index is 12.8. The van der Waals surface area contributed by atoms with E-state index in [-0.39, 0.29) is 32.2 Å². The van der Waals surface area contributed by atoms with Crippen molar-refractivity contribution in [3.8, 4) is 0 Å². The van der Waals surface area contributed by atoms with Crippen LogP contribution in [0.15, 0.2) is 72.9 Å². The van der Waals surface area contributed by atoms with Gasteiger partial charge in [-0.1, -0.05) is 247 Å². The zero-order chi connectivity index (χ0) is 50.5. The zero-order valence-corrected chi connectivity index (χ0v) is 46.6. The molecule has 0 aromatic rings. The Morgan fingerprint density at radius 1 is 0.464 bits per heavy atom. The van der Waals surface area contributed by atoms with Gasteiger partial charge in [0.25, 0.3) is 7.82 Å². The Kier molecular flexibility index (Phi) is 50.7. The van der Waals surface area contributed by atoms with Crippen LogP contribution in [0.4, 0.5) is 0 Å². The van der Waals surface area contributed by atoms with Crippen molar-refractivity contribution >= 4 is 13.8 Å². The number of nitrogens with zero attached hydrogens (tertiary/aromatic N) is 1. The summed E-state index contributed by atoms with van der Waals surface area (Å²) in [5.74, 6) is -0.356. The Balaban J connectivity index is 4.13. The Hall–Kier alpha value is -2.06. The lowest BCUT2D eigenvalue weighted by Gasteiger charge is -2.28. The van der Waals surface area contributed by atoms with Gasteiger partial charge in [-0.3, -0.25) is 9.36 Å². The molecule has 0 N–H and O–H groups in total. The van der Waals surface area contributed by atoms with Crippen LogP contribution in [-0.2, 0) is 27.9 Å². The topological polar surface area (TPSA) is 94.1 Å². The Morgan fingerprint density at radius 2 is 0.841 bits per heavy atom. The number of phosphoric acid groups is 1. The average molecular weight is 989 g/mol. The predicted octanol–water partition coefficient (Wildman–Crippen LogP) is 17.5. The van der Waals surface area contributed by atoms with Crippen molar-refractivity contribution in [2.45, 2.75) is 251 Å². The highest BCUT2D eigenvalue weighted by Crippen LogP contribution is 2.38. The van der Waals surface area contributed by atoms with E-state index in [1.165, 1.54) is 141 Å². The molecule has 0 radical (unpaired) electrons. The molecule has 0 aromatic heterocycles. The van der Waals surface area contributed by atoms with Gasteiger partial charge in [-0.15, -0.1) is 0 Å². The van der Waals surface area contributed by atoms with Crippen molar-refractivity contribution in [1.29, 1.82) is 0 Å². The predicted molar refractivity (Wildman–Crippen MR) is 296 cm³/mol. The summed E-state index contributed by atoms with van der Waals surface area (Å²) in [5, 5.41) is 0. The number of carbonyl (C=O) groups excluding carboxylic acids is 1. The fourth-order valence-electron chi connectivity index (χ4n) is 7.91. The molecule has 0 heterocycles. The van der Waals surface area contributed by atoms with E-state index in [9.17, 15) is 14.3 Å². The lowest BCUT2D eigenvalue weighted by atomic mass is 10.0. The van der Waals surface area contributed by atoms with E-state index in [4.69, 9.17) is 18.5 Å². The van der Waals surface area contributed by atoms with Gasteiger partial charge in [-0.25, -0.2) is 0 Å². The van der Waals surface area contributed by atoms with Crippen LogP contribution < -0.4 is 4.89 Å². The summed E-state index contributed by atoms with van der Waals surface area (Å²) in [6, 6.07) is 0. The van der Waals surface area contributed by atoms with E-state index in [2.05, 4.69) is 86.8 Å². The number of allylic oxidation sites excluding steroid dienone is 12. The Labute approximate surface area is 427 Å². The van der Waals surface area contributed by atoms with Crippen LogP contribution >= 0.6 is 7.82 Å². The van der Waals surface area contributed by atoms with Gasteiger partial charge in [0.1, 0.15) is 19.3 Å². The van der Waals surface area contributed by atoms with Crippen molar-refractivity contribution in [3.05, 3.63) is 72.9 Å². The third kappa shape index (κ3) is 56.7. The fraction of sp³-hybridized carbons (Fsp3) is 0.783. The first kappa shape index (κ1) is 66.9. The number of unbranched alkanes of at least 4 members (excludes halogenated alkanes) is 27. The SMILES string of the molecule is CC/C=C\C/C=C\C/C=C\C/C=C\C/C=C\C/C=C\CCCCCCC(=O)OC(COCCCCCCCCCCCCCCCCCCCCCCCCCC)COP(=O)([O-])OCC[N+](C)(C)C. The summed E-state index contributed by atoms with van der Waals surface area (Å²) in [4.78, 5) is 25.2. The summed E-state index contributed by atoms with van der Waals surface area (Å²) < 4.78 is 34.8. The average Bonchev–Trinajstić information content (AvgIpc) is 3.31. The number of phosphoric ester groups is 1. The lowest BCUT2D eigenvalue weighted by molar-refractivity contribution is -0.870. The molecule has 0 fully saturated rings. The first-order valence-corrected chi connectivity index (χ1v) is 30.1. The molecule has 0 aliphatic heterocycles. The first-order valence-electron chi connectivity index (χ1n) is 28.7. The van der Waals surface area contributed by atoms with E-state index >= 15 is 0 Å². The second-order valence-corrected chi connectivity index (χ2v) is 21.7. The third-order valence-electron chi connectivity index (χ3n) is 12.3. The molecule has 8 nitrogen and oxygen atoms in total. The number of carbonyl (C=O) groups is 1. The minimum absolute atomic E-state index is 0.0187. The van der Waals surface area contributed by atoms with E-state index in [1.807, 2.05) is 21.1 Å². The zero-order valence-electron chi connectivity index (χ0n) is 45.7. The smallest absolute Gasteiger partial charge is 0.306 e. The summed E-state index contributed by atoms with van der Waals surface area (Å²) in [6.45, 7) is 5.30. The molecule has 0 bridgehead atoms. The van der Waals surface area contributed by atoms with Gasteiger partial charge in [-0.05, 0) is 64.2 Å². The van der Waals surface area contributed by atoms with Gasteiger partial charge in [-0.2, -0.15) is 0 Å². The number of likely N-dealkylation sites (N-methyl/N-ethyl adjacent to an activating group) is 1. The monoisotopic (exact) mass is 988 g/mol. The fourth-order valence-corrected chi connectivity index (χ4v) is 8.63. The molecule has 0 spiro atoms. The van der Waals surface area contributed by atoms with Crippen molar-refractivity contribution in [3.63, 3.8) is 0 Å². The standard InChI is InChI=1S/C60H110NO7P/c1-6-8-10-12-14-16-18-20-22-24-26-28-30-32-34-36-38-40-42-44-46-48-50-52-55-65-57-59(58-67-69(63,64)66-56-54-61(3,4)5)68-60(62)53-51-49-47-45-43-41-39-37-35-33-31-29-27-25-23-21-19-17-15-13-11-9-7-2/h9,11,15,17,21,23,27,29,33,35,39,41,59H,6-8,10,12-14,16,18-20,22,24-26,28,30-32,34,36-38,40,42-58H2,1-5H3/b11-9-,17-15-,23-21-,29-27-,35-33-,41-39-. The van der Waals surface area contributed by atoms with E-state index in [0.717, 1.165) is 83.5 Å². The van der Waals surface area contributed by atoms with Gasteiger partial charge < -0.3 is 27.9 Å². The number of quaternary nitrogens is 1. The number of hydrogen-bond donors (Lipinski definition) is 0. The minimum Gasteiger partial charge on any atom is -0.756 e. The molecule has 0 aliphatic carbocycles. The molecule has 0 aromatic carbocycles. The molecular formula is C60H110NO7P. The number of ether oxygens (including phenoxy) is 2. The molecule has 2 unspecified atom stereocenters. The first-order chi connectivity index (χ1) is 33.6. The second-order valence-electron chi connectivity index (χ2n) is 20.3. The van der Waals surface area contributed by atoms with Gasteiger partial charge >= 0.3 is 5.97 Å². The van der Waals surface area contributed by atoms with E-state index in [0.29, 0.717) is 17.6 Å². The van der Waals surface area contributed by atoms with Gasteiger partial charge in [0.2, 0.25) is 0 Å². The molecular weight excluding hydrogens is 878 g/mol. The van der Waals surface area contributed by atoms with Crippen LogP contribution in [0.1, 0.15) is 245 Å². The van der Waals surface area contributed by atoms with E-state index < -0.39 is 13.9 Å². The third-order valence-corrected chi connectivity index (χ3v) is 13.2. The van der Waals surface area contributed by atoms with Crippen LogP contribution in [0.25, 0.3) is 0 Å². The van der Waals surface area contributed by atoms with Crippen LogP contribution in [-0.4, -0.2) is 70.7 Å². The van der Waals surface area contributed by atoms with Crippen LogP contribution in [0.2, 0.25) is 0 Å².